The first kappa shape index (κ1) is 16.8. The van der Waals surface area contributed by atoms with E-state index in [-0.39, 0.29) is 5.56 Å². The first-order valence-corrected chi connectivity index (χ1v) is 9.31. The second-order valence-corrected chi connectivity index (χ2v) is 7.31. The van der Waals surface area contributed by atoms with E-state index in [1.165, 1.54) is 0 Å². The van der Waals surface area contributed by atoms with Crippen molar-refractivity contribution in [3.63, 3.8) is 0 Å². The van der Waals surface area contributed by atoms with Gasteiger partial charge in [0.15, 0.2) is 0 Å². The fourth-order valence-electron chi connectivity index (χ4n) is 2.83. The van der Waals surface area contributed by atoms with E-state index < -0.39 is 0 Å². The number of hydrogen-bond acceptors (Lipinski definition) is 3. The van der Waals surface area contributed by atoms with E-state index in [1.807, 2.05) is 79.7 Å². The summed E-state index contributed by atoms with van der Waals surface area (Å²) in [5.74, 6) is 0.499. The van der Waals surface area contributed by atoms with Crippen LogP contribution >= 0.6 is 22.6 Å². The number of halogens is 1. The molecule has 128 valence electrons. The van der Waals surface area contributed by atoms with E-state index in [2.05, 4.69) is 27.9 Å². The monoisotopic (exact) mass is 453 g/mol. The minimum Gasteiger partial charge on any atom is -0.325 e. The number of aryl methyl sites for hydroxylation is 1. The number of aromatic nitrogens is 2. The fraction of sp³-hybridized carbons (Fsp3) is 0.0476. The van der Waals surface area contributed by atoms with Gasteiger partial charge in [0.25, 0.3) is 5.56 Å². The van der Waals surface area contributed by atoms with E-state index >= 15 is 0 Å². The number of hydrogen-bond donors (Lipinski definition) is 1. The van der Waals surface area contributed by atoms with E-state index in [1.54, 1.807) is 4.57 Å². The summed E-state index contributed by atoms with van der Waals surface area (Å²) in [5.41, 5.74) is 3.40. The molecule has 0 aliphatic carbocycles. The van der Waals surface area contributed by atoms with E-state index in [4.69, 9.17) is 4.98 Å². The molecule has 0 aliphatic heterocycles. The molecule has 5 heteroatoms. The lowest BCUT2D eigenvalue weighted by atomic mass is 10.2. The second-order valence-electron chi connectivity index (χ2n) is 6.06. The topological polar surface area (TPSA) is 46.9 Å². The molecule has 26 heavy (non-hydrogen) atoms. The maximum absolute atomic E-state index is 13.3. The molecule has 0 unspecified atom stereocenters. The maximum atomic E-state index is 13.3. The number of anilines is 2. The summed E-state index contributed by atoms with van der Waals surface area (Å²) in [7, 11) is 0. The van der Waals surface area contributed by atoms with Crippen molar-refractivity contribution in [3.8, 4) is 5.69 Å². The van der Waals surface area contributed by atoms with Crippen molar-refractivity contribution in [1.29, 1.82) is 0 Å². The van der Waals surface area contributed by atoms with Gasteiger partial charge in [-0.1, -0.05) is 35.9 Å². The van der Waals surface area contributed by atoms with Gasteiger partial charge in [0.05, 0.1) is 16.6 Å². The van der Waals surface area contributed by atoms with Crippen LogP contribution in [0.5, 0.6) is 0 Å². The third kappa shape index (κ3) is 3.22. The Bertz CT molecular complexity index is 1140. The average Bonchev–Trinajstić information content (AvgIpc) is 2.65. The highest BCUT2D eigenvalue weighted by Gasteiger charge is 2.13. The molecule has 3 aromatic carbocycles. The summed E-state index contributed by atoms with van der Waals surface area (Å²) >= 11 is 2.21. The lowest BCUT2D eigenvalue weighted by Crippen LogP contribution is -2.23. The molecule has 0 saturated heterocycles. The molecule has 0 amide bonds. The quantitative estimate of drug-likeness (QED) is 0.442. The molecule has 4 aromatic rings. The van der Waals surface area contributed by atoms with Crippen molar-refractivity contribution in [2.24, 2.45) is 0 Å². The summed E-state index contributed by atoms with van der Waals surface area (Å²) in [4.78, 5) is 18.0. The predicted molar refractivity (Wildman–Crippen MR) is 115 cm³/mol. The Labute approximate surface area is 164 Å². The lowest BCUT2D eigenvalue weighted by Gasteiger charge is -2.15. The number of para-hydroxylation sites is 1. The molecule has 0 atom stereocenters. The van der Waals surface area contributed by atoms with Crippen LogP contribution in [0.3, 0.4) is 0 Å². The van der Waals surface area contributed by atoms with Crippen LogP contribution in [0, 0.1) is 10.5 Å². The van der Waals surface area contributed by atoms with Crippen LogP contribution in [-0.4, -0.2) is 9.55 Å². The van der Waals surface area contributed by atoms with Crippen LogP contribution in [0.1, 0.15) is 5.56 Å². The smallest absolute Gasteiger partial charge is 0.267 e. The van der Waals surface area contributed by atoms with Gasteiger partial charge in [-0.2, -0.15) is 0 Å². The van der Waals surface area contributed by atoms with Crippen molar-refractivity contribution in [2.45, 2.75) is 6.92 Å². The number of rotatable bonds is 3. The minimum atomic E-state index is -0.0872. The highest BCUT2D eigenvalue weighted by molar-refractivity contribution is 14.1. The van der Waals surface area contributed by atoms with Crippen LogP contribution in [0.4, 0.5) is 11.6 Å². The fourth-order valence-corrected chi connectivity index (χ4v) is 3.32. The molecule has 1 N–H and O–H groups in total. The van der Waals surface area contributed by atoms with Gasteiger partial charge in [-0.05, 0) is 72.0 Å². The van der Waals surface area contributed by atoms with Crippen LogP contribution < -0.4 is 10.9 Å². The Morgan fingerprint density at radius 3 is 2.42 bits per heavy atom. The lowest BCUT2D eigenvalue weighted by molar-refractivity contribution is 0.973. The minimum absolute atomic E-state index is 0.0872. The highest BCUT2D eigenvalue weighted by atomic mass is 127. The Morgan fingerprint density at radius 2 is 1.69 bits per heavy atom. The first-order valence-electron chi connectivity index (χ1n) is 8.23. The second kappa shape index (κ2) is 6.92. The summed E-state index contributed by atoms with van der Waals surface area (Å²) in [6, 6.07) is 23.3. The molecule has 1 aromatic heterocycles. The van der Waals surface area contributed by atoms with E-state index in [0.29, 0.717) is 16.9 Å². The largest absolute Gasteiger partial charge is 0.325 e. The number of nitrogens with zero attached hydrogens (tertiary/aromatic N) is 2. The van der Waals surface area contributed by atoms with Crippen molar-refractivity contribution in [2.75, 3.05) is 5.32 Å². The highest BCUT2D eigenvalue weighted by Crippen LogP contribution is 2.21. The van der Waals surface area contributed by atoms with Gasteiger partial charge in [-0.3, -0.25) is 4.79 Å². The summed E-state index contributed by atoms with van der Waals surface area (Å²) in [6.45, 7) is 2.02. The third-order valence-corrected chi connectivity index (χ3v) is 4.82. The molecule has 0 fully saturated rings. The van der Waals surface area contributed by atoms with Crippen molar-refractivity contribution < 1.29 is 0 Å². The number of nitrogens with one attached hydrogen (secondary N) is 1. The van der Waals surface area contributed by atoms with Gasteiger partial charge in [0.1, 0.15) is 0 Å². The normalized spacial score (nSPS) is 10.8. The Hall–Kier alpha value is -2.67. The summed E-state index contributed by atoms with van der Waals surface area (Å²) < 4.78 is 2.64. The van der Waals surface area contributed by atoms with Crippen LogP contribution in [-0.2, 0) is 0 Å². The van der Waals surface area contributed by atoms with Gasteiger partial charge in [0, 0.05) is 9.26 Å². The molecule has 4 rings (SSSR count). The van der Waals surface area contributed by atoms with Crippen molar-refractivity contribution in [1.82, 2.24) is 9.55 Å². The zero-order chi connectivity index (χ0) is 18.1. The Morgan fingerprint density at radius 1 is 0.962 bits per heavy atom. The first-order chi connectivity index (χ1) is 12.6. The molecule has 4 nitrogen and oxygen atoms in total. The van der Waals surface area contributed by atoms with E-state index in [9.17, 15) is 4.79 Å². The van der Waals surface area contributed by atoms with Gasteiger partial charge >= 0.3 is 0 Å². The third-order valence-electron chi connectivity index (χ3n) is 4.15. The summed E-state index contributed by atoms with van der Waals surface area (Å²) in [5, 5.41) is 3.89. The molecule has 0 saturated carbocycles. The van der Waals surface area contributed by atoms with Gasteiger partial charge in [0.2, 0.25) is 5.95 Å². The van der Waals surface area contributed by atoms with Crippen LogP contribution in [0.25, 0.3) is 16.6 Å². The Kier molecular flexibility index (Phi) is 4.46. The molecule has 0 spiro atoms. The predicted octanol–water partition coefficient (Wildman–Crippen LogP) is 5.04. The molecule has 0 radical (unpaired) electrons. The number of benzene rings is 3. The molecule has 0 aliphatic rings. The zero-order valence-electron chi connectivity index (χ0n) is 14.1. The van der Waals surface area contributed by atoms with Crippen molar-refractivity contribution >= 4 is 45.1 Å². The molecular formula is C21H16IN3O. The van der Waals surface area contributed by atoms with Crippen LogP contribution in [0.2, 0.25) is 0 Å². The number of fused-ring (bicyclic) bond motifs is 1. The molecular weight excluding hydrogens is 437 g/mol. The Balaban J connectivity index is 1.98. The van der Waals surface area contributed by atoms with Gasteiger partial charge in [-0.25, -0.2) is 9.55 Å². The maximum Gasteiger partial charge on any atom is 0.267 e. The van der Waals surface area contributed by atoms with Crippen molar-refractivity contribution in [3.05, 3.63) is 92.3 Å². The summed E-state index contributed by atoms with van der Waals surface area (Å²) in [6.07, 6.45) is 0. The van der Waals surface area contributed by atoms with Gasteiger partial charge < -0.3 is 5.32 Å². The van der Waals surface area contributed by atoms with Gasteiger partial charge in [-0.15, -0.1) is 0 Å². The average molecular weight is 453 g/mol. The SMILES string of the molecule is Cc1ccc(-n2c(Nc3ccccc3)nc3ccc(I)cc3c2=O)cc1. The molecule has 1 heterocycles. The standard InChI is InChI=1S/C21H16IN3O/c1-14-7-10-17(11-8-14)25-20(26)18-13-15(22)9-12-19(18)24-21(25)23-16-5-3-2-4-6-16/h2-13H,1H3,(H,23,24). The zero-order valence-corrected chi connectivity index (χ0v) is 16.3. The van der Waals surface area contributed by atoms with E-state index in [0.717, 1.165) is 20.5 Å². The molecule has 0 bridgehead atoms. The van der Waals surface area contributed by atoms with Crippen LogP contribution in [0.15, 0.2) is 77.6 Å².